The second kappa shape index (κ2) is 4.50. The lowest BCUT2D eigenvalue weighted by Crippen LogP contribution is -2.41. The van der Waals surface area contributed by atoms with E-state index >= 15 is 0 Å². The first-order valence-electron chi connectivity index (χ1n) is 5.99. The molecule has 2 rings (SSSR count). The molecule has 1 aromatic heterocycles. The van der Waals surface area contributed by atoms with E-state index in [0.717, 1.165) is 0 Å². The summed E-state index contributed by atoms with van der Waals surface area (Å²) in [6.07, 6.45) is 1.61. The topological polar surface area (TPSA) is 74.7 Å². The maximum Gasteiger partial charge on any atom is 0.487 e. The van der Waals surface area contributed by atoms with Crippen molar-refractivity contribution in [3.05, 3.63) is 34.0 Å². The highest BCUT2D eigenvalue weighted by atomic mass is 16.7. The number of nitro groups is 1. The summed E-state index contributed by atoms with van der Waals surface area (Å²) >= 11 is 0. The van der Waals surface area contributed by atoms with E-state index in [2.05, 4.69) is 0 Å². The molecule has 0 aliphatic carbocycles. The van der Waals surface area contributed by atoms with Gasteiger partial charge in [-0.15, -0.1) is 0 Å². The zero-order valence-corrected chi connectivity index (χ0v) is 11.4. The molecular weight excluding hydrogens is 249 g/mol. The average molecular weight is 265 g/mol. The molecule has 102 valence electrons. The third-order valence-electron chi connectivity index (χ3n) is 3.48. The van der Waals surface area contributed by atoms with Gasteiger partial charge in [-0.2, -0.15) is 0 Å². The Morgan fingerprint density at radius 2 is 1.79 bits per heavy atom. The van der Waals surface area contributed by atoms with Crippen molar-refractivity contribution < 1.29 is 18.6 Å². The number of hydrogen-bond acceptors (Lipinski definition) is 5. The van der Waals surface area contributed by atoms with E-state index in [9.17, 15) is 10.1 Å². The third kappa shape index (κ3) is 2.72. The minimum Gasteiger partial charge on any atom is -0.401 e. The van der Waals surface area contributed by atoms with Gasteiger partial charge in [0.25, 0.3) is 0 Å². The van der Waals surface area contributed by atoms with Crippen LogP contribution < -0.4 is 0 Å². The Kier molecular flexibility index (Phi) is 3.28. The first-order chi connectivity index (χ1) is 8.71. The van der Waals surface area contributed by atoms with Gasteiger partial charge in [-0.3, -0.25) is 10.1 Å². The number of rotatable bonds is 3. The number of nitrogens with zero attached hydrogens (tertiary/aromatic N) is 1. The van der Waals surface area contributed by atoms with Crippen molar-refractivity contribution in [1.82, 2.24) is 0 Å². The van der Waals surface area contributed by atoms with Crippen LogP contribution in [-0.2, 0) is 9.31 Å². The lowest BCUT2D eigenvalue weighted by Gasteiger charge is -2.32. The molecule has 0 spiro atoms. The molecule has 0 unspecified atom stereocenters. The third-order valence-corrected chi connectivity index (χ3v) is 3.48. The molecule has 1 aliphatic rings. The molecule has 0 radical (unpaired) electrons. The Labute approximate surface area is 111 Å². The van der Waals surface area contributed by atoms with E-state index in [4.69, 9.17) is 13.7 Å². The van der Waals surface area contributed by atoms with Gasteiger partial charge >= 0.3 is 13.0 Å². The van der Waals surface area contributed by atoms with Crippen LogP contribution in [0.1, 0.15) is 33.5 Å². The molecule has 0 N–H and O–H groups in total. The van der Waals surface area contributed by atoms with Crippen molar-refractivity contribution in [2.45, 2.75) is 38.9 Å². The highest BCUT2D eigenvalue weighted by Crippen LogP contribution is 2.37. The molecule has 0 saturated carbocycles. The fraction of sp³-hybridized carbons (Fsp3) is 0.500. The Bertz CT molecular complexity index is 504. The van der Waals surface area contributed by atoms with E-state index in [0.29, 0.717) is 5.76 Å². The highest BCUT2D eigenvalue weighted by Gasteiger charge is 2.50. The molecule has 19 heavy (non-hydrogen) atoms. The van der Waals surface area contributed by atoms with Gasteiger partial charge < -0.3 is 13.7 Å². The molecule has 0 bridgehead atoms. The summed E-state index contributed by atoms with van der Waals surface area (Å²) < 4.78 is 16.5. The first kappa shape index (κ1) is 13.8. The molecule has 1 fully saturated rings. The number of hydrogen-bond donors (Lipinski definition) is 0. The van der Waals surface area contributed by atoms with Crippen LogP contribution in [0.25, 0.3) is 6.08 Å². The summed E-state index contributed by atoms with van der Waals surface area (Å²) in [6, 6.07) is 2.84. The maximum absolute atomic E-state index is 10.5. The Balaban J connectivity index is 2.06. The fourth-order valence-corrected chi connectivity index (χ4v) is 1.67. The minimum atomic E-state index is -0.577. The number of furan rings is 1. The standard InChI is InChI=1S/C12H16BNO5/c1-11(2)12(3,4)19-13(18-11)8-7-9-5-6-10(17-9)14(15)16/h5-8H,1-4H3/b8-7+. The molecule has 1 saturated heterocycles. The zero-order chi connectivity index (χ0) is 14.3. The van der Waals surface area contributed by atoms with Crippen LogP contribution in [-0.4, -0.2) is 23.2 Å². The average Bonchev–Trinajstić information content (AvgIpc) is 2.79. The van der Waals surface area contributed by atoms with E-state index < -0.39 is 23.2 Å². The smallest absolute Gasteiger partial charge is 0.401 e. The molecule has 0 amide bonds. The monoisotopic (exact) mass is 265 g/mol. The van der Waals surface area contributed by atoms with Gasteiger partial charge in [0.2, 0.25) is 0 Å². The van der Waals surface area contributed by atoms with Crippen LogP contribution in [0.15, 0.2) is 22.5 Å². The molecule has 6 nitrogen and oxygen atoms in total. The van der Waals surface area contributed by atoms with Crippen molar-refractivity contribution in [1.29, 1.82) is 0 Å². The van der Waals surface area contributed by atoms with E-state index in [-0.39, 0.29) is 5.88 Å². The van der Waals surface area contributed by atoms with Gasteiger partial charge in [0.05, 0.1) is 17.3 Å². The highest BCUT2D eigenvalue weighted by molar-refractivity contribution is 6.52. The lowest BCUT2D eigenvalue weighted by atomic mass is 9.90. The molecule has 0 aromatic carbocycles. The van der Waals surface area contributed by atoms with E-state index in [1.165, 1.54) is 12.1 Å². The molecule has 0 atom stereocenters. The summed E-state index contributed by atoms with van der Waals surface area (Å²) in [7, 11) is -0.492. The van der Waals surface area contributed by atoms with Gasteiger partial charge in [-0.25, -0.2) is 0 Å². The van der Waals surface area contributed by atoms with Crippen molar-refractivity contribution in [2.24, 2.45) is 0 Å². The predicted octanol–water partition coefficient (Wildman–Crippen LogP) is 2.83. The van der Waals surface area contributed by atoms with E-state index in [1.54, 1.807) is 12.1 Å². The normalized spacial score (nSPS) is 21.2. The summed E-state index contributed by atoms with van der Waals surface area (Å²) in [5.74, 6) is 1.79. The molecule has 2 heterocycles. The zero-order valence-electron chi connectivity index (χ0n) is 11.4. The van der Waals surface area contributed by atoms with Crippen LogP contribution in [0.4, 0.5) is 5.88 Å². The van der Waals surface area contributed by atoms with Gasteiger partial charge in [0, 0.05) is 0 Å². The van der Waals surface area contributed by atoms with Crippen LogP contribution in [0, 0.1) is 10.1 Å². The fourth-order valence-electron chi connectivity index (χ4n) is 1.67. The van der Waals surface area contributed by atoms with E-state index in [1.807, 2.05) is 27.7 Å². The van der Waals surface area contributed by atoms with Crippen molar-refractivity contribution in [2.75, 3.05) is 0 Å². The summed E-state index contributed by atoms with van der Waals surface area (Å²) in [4.78, 5) is 9.91. The summed E-state index contributed by atoms with van der Waals surface area (Å²) in [5.41, 5.74) is -0.811. The second-order valence-corrected chi connectivity index (χ2v) is 5.42. The van der Waals surface area contributed by atoms with Crippen LogP contribution in [0.2, 0.25) is 0 Å². The van der Waals surface area contributed by atoms with Gasteiger partial charge in [0.15, 0.2) is 0 Å². The summed E-state index contributed by atoms with van der Waals surface area (Å²) in [5, 5.41) is 10.5. The van der Waals surface area contributed by atoms with Crippen LogP contribution in [0.5, 0.6) is 0 Å². The van der Waals surface area contributed by atoms with Crippen LogP contribution in [0.3, 0.4) is 0 Å². The van der Waals surface area contributed by atoms with Gasteiger partial charge in [-0.1, -0.05) is 5.98 Å². The second-order valence-electron chi connectivity index (χ2n) is 5.42. The van der Waals surface area contributed by atoms with Gasteiger partial charge in [-0.05, 0) is 39.8 Å². The Morgan fingerprint density at radius 3 is 2.26 bits per heavy atom. The van der Waals surface area contributed by atoms with Gasteiger partial charge in [0.1, 0.15) is 10.7 Å². The minimum absolute atomic E-state index is 0.284. The molecule has 1 aliphatic heterocycles. The quantitative estimate of drug-likeness (QED) is 0.477. The van der Waals surface area contributed by atoms with Crippen molar-refractivity contribution >= 4 is 19.1 Å². The maximum atomic E-state index is 10.5. The summed E-state index contributed by atoms with van der Waals surface area (Å²) in [6.45, 7) is 7.83. The first-order valence-corrected chi connectivity index (χ1v) is 5.99. The van der Waals surface area contributed by atoms with Crippen LogP contribution >= 0.6 is 0 Å². The predicted molar refractivity (Wildman–Crippen MR) is 70.5 cm³/mol. The SMILES string of the molecule is CC1(C)OB(/C=C/c2ccc([N+](=O)[O-])o2)OC1(C)C. The molecule has 7 heteroatoms. The Hall–Kier alpha value is -1.60. The molecular formula is C12H16BNO5. The van der Waals surface area contributed by atoms with Crippen molar-refractivity contribution in [3.63, 3.8) is 0 Å². The van der Waals surface area contributed by atoms with Crippen molar-refractivity contribution in [3.8, 4) is 0 Å². The molecule has 1 aromatic rings. The Morgan fingerprint density at radius 1 is 1.21 bits per heavy atom. The lowest BCUT2D eigenvalue weighted by molar-refractivity contribution is -0.402. The largest absolute Gasteiger partial charge is 0.487 e.